The molecular formula is C11H9FN2. The maximum Gasteiger partial charge on any atom is 0.123 e. The summed E-state index contributed by atoms with van der Waals surface area (Å²) >= 11 is 0. The first kappa shape index (κ1) is 8.81. The highest BCUT2D eigenvalue weighted by Gasteiger charge is 1.99. The van der Waals surface area contributed by atoms with Crippen molar-refractivity contribution in [3.63, 3.8) is 0 Å². The largest absolute Gasteiger partial charge is 0.207 e. The standard InChI is InChI=1S/C11H9FN2/c1-8-2-7-11(14-13-8)9-3-5-10(12)6-4-9/h2-7H,1H3. The molecule has 0 saturated carbocycles. The van der Waals surface area contributed by atoms with E-state index >= 15 is 0 Å². The molecule has 2 rings (SSSR count). The van der Waals surface area contributed by atoms with Crippen molar-refractivity contribution in [1.29, 1.82) is 0 Å². The van der Waals surface area contributed by atoms with Gasteiger partial charge in [-0.25, -0.2) is 4.39 Å². The first-order valence-electron chi connectivity index (χ1n) is 4.32. The van der Waals surface area contributed by atoms with Crippen LogP contribution in [0.1, 0.15) is 5.69 Å². The van der Waals surface area contributed by atoms with E-state index in [9.17, 15) is 4.39 Å². The highest BCUT2D eigenvalue weighted by Crippen LogP contribution is 2.15. The first-order chi connectivity index (χ1) is 6.75. The van der Waals surface area contributed by atoms with Gasteiger partial charge in [-0.05, 0) is 43.3 Å². The van der Waals surface area contributed by atoms with Crippen LogP contribution in [-0.4, -0.2) is 10.2 Å². The minimum Gasteiger partial charge on any atom is -0.207 e. The molecular weight excluding hydrogens is 179 g/mol. The lowest BCUT2D eigenvalue weighted by molar-refractivity contribution is 0.628. The number of nitrogens with zero attached hydrogens (tertiary/aromatic N) is 2. The van der Waals surface area contributed by atoms with E-state index in [0.29, 0.717) is 0 Å². The lowest BCUT2D eigenvalue weighted by atomic mass is 10.1. The summed E-state index contributed by atoms with van der Waals surface area (Å²) in [5.74, 6) is -0.242. The average Bonchev–Trinajstić information content (AvgIpc) is 2.21. The van der Waals surface area contributed by atoms with Gasteiger partial charge in [0.05, 0.1) is 11.4 Å². The number of halogens is 1. The van der Waals surface area contributed by atoms with Crippen molar-refractivity contribution in [2.24, 2.45) is 0 Å². The van der Waals surface area contributed by atoms with Gasteiger partial charge in [0, 0.05) is 5.56 Å². The topological polar surface area (TPSA) is 25.8 Å². The molecule has 2 nitrogen and oxygen atoms in total. The Bertz CT molecular complexity index is 377. The average molecular weight is 188 g/mol. The zero-order valence-electron chi connectivity index (χ0n) is 7.74. The van der Waals surface area contributed by atoms with E-state index in [2.05, 4.69) is 10.2 Å². The molecule has 1 aromatic heterocycles. The summed E-state index contributed by atoms with van der Waals surface area (Å²) in [6.07, 6.45) is 0. The predicted molar refractivity (Wildman–Crippen MR) is 52.2 cm³/mol. The fourth-order valence-electron chi connectivity index (χ4n) is 1.17. The Morgan fingerprint density at radius 1 is 0.929 bits per heavy atom. The van der Waals surface area contributed by atoms with Crippen LogP contribution in [0.15, 0.2) is 36.4 Å². The lowest BCUT2D eigenvalue weighted by Gasteiger charge is -1.99. The quantitative estimate of drug-likeness (QED) is 0.687. The molecule has 0 fully saturated rings. The molecule has 0 saturated heterocycles. The molecule has 3 heteroatoms. The van der Waals surface area contributed by atoms with Crippen LogP contribution in [0, 0.1) is 12.7 Å². The van der Waals surface area contributed by atoms with Crippen molar-refractivity contribution in [1.82, 2.24) is 10.2 Å². The van der Waals surface area contributed by atoms with Crippen LogP contribution < -0.4 is 0 Å². The SMILES string of the molecule is Cc1ccc(-c2ccc(F)cc2)nn1. The maximum absolute atomic E-state index is 12.6. The van der Waals surface area contributed by atoms with Crippen LogP contribution in [-0.2, 0) is 0 Å². The second-order valence-corrected chi connectivity index (χ2v) is 3.07. The molecule has 14 heavy (non-hydrogen) atoms. The van der Waals surface area contributed by atoms with Gasteiger partial charge in [0.1, 0.15) is 5.82 Å². The molecule has 0 amide bonds. The monoisotopic (exact) mass is 188 g/mol. The molecule has 0 atom stereocenters. The number of rotatable bonds is 1. The summed E-state index contributed by atoms with van der Waals surface area (Å²) in [4.78, 5) is 0. The normalized spacial score (nSPS) is 10.1. The lowest BCUT2D eigenvalue weighted by Crippen LogP contribution is -1.89. The highest BCUT2D eigenvalue weighted by atomic mass is 19.1. The fraction of sp³-hybridized carbons (Fsp3) is 0.0909. The molecule has 0 aliphatic carbocycles. The third-order valence-corrected chi connectivity index (χ3v) is 1.94. The second kappa shape index (κ2) is 3.54. The van der Waals surface area contributed by atoms with E-state index in [-0.39, 0.29) is 5.82 Å². The molecule has 0 aliphatic rings. The van der Waals surface area contributed by atoms with E-state index < -0.39 is 0 Å². The van der Waals surface area contributed by atoms with Crippen molar-refractivity contribution in [3.8, 4) is 11.3 Å². The van der Waals surface area contributed by atoms with Gasteiger partial charge in [0.2, 0.25) is 0 Å². The third kappa shape index (κ3) is 1.76. The molecule has 70 valence electrons. The van der Waals surface area contributed by atoms with E-state index in [1.54, 1.807) is 12.1 Å². The van der Waals surface area contributed by atoms with Crippen molar-refractivity contribution >= 4 is 0 Å². The van der Waals surface area contributed by atoms with Gasteiger partial charge in [0.25, 0.3) is 0 Å². The smallest absolute Gasteiger partial charge is 0.123 e. The second-order valence-electron chi connectivity index (χ2n) is 3.07. The maximum atomic E-state index is 12.6. The van der Waals surface area contributed by atoms with Crippen LogP contribution in [0.4, 0.5) is 4.39 Å². The van der Waals surface area contributed by atoms with Gasteiger partial charge in [-0.15, -0.1) is 0 Å². The van der Waals surface area contributed by atoms with Gasteiger partial charge in [-0.2, -0.15) is 10.2 Å². The number of aromatic nitrogens is 2. The Kier molecular flexibility index (Phi) is 2.23. The molecule has 2 aromatic rings. The van der Waals surface area contributed by atoms with E-state index in [4.69, 9.17) is 0 Å². The number of aryl methyl sites for hydroxylation is 1. The molecule has 0 unspecified atom stereocenters. The van der Waals surface area contributed by atoms with E-state index in [1.807, 2.05) is 19.1 Å². The summed E-state index contributed by atoms with van der Waals surface area (Å²) in [7, 11) is 0. The molecule has 1 heterocycles. The zero-order chi connectivity index (χ0) is 9.97. The third-order valence-electron chi connectivity index (χ3n) is 1.94. The predicted octanol–water partition coefficient (Wildman–Crippen LogP) is 2.59. The summed E-state index contributed by atoms with van der Waals surface area (Å²) in [6.45, 7) is 1.88. The fourth-order valence-corrected chi connectivity index (χ4v) is 1.17. The zero-order valence-corrected chi connectivity index (χ0v) is 7.74. The van der Waals surface area contributed by atoms with Gasteiger partial charge in [0.15, 0.2) is 0 Å². The molecule has 0 bridgehead atoms. The summed E-state index contributed by atoms with van der Waals surface area (Å²) < 4.78 is 12.6. The van der Waals surface area contributed by atoms with Crippen molar-refractivity contribution in [2.75, 3.05) is 0 Å². The van der Waals surface area contributed by atoms with Crippen LogP contribution in [0.3, 0.4) is 0 Å². The van der Waals surface area contributed by atoms with Gasteiger partial charge >= 0.3 is 0 Å². The summed E-state index contributed by atoms with van der Waals surface area (Å²) in [6, 6.07) is 9.96. The van der Waals surface area contributed by atoms with Crippen LogP contribution in [0.5, 0.6) is 0 Å². The molecule has 1 aromatic carbocycles. The van der Waals surface area contributed by atoms with Crippen LogP contribution >= 0.6 is 0 Å². The number of hydrogen-bond donors (Lipinski definition) is 0. The van der Waals surface area contributed by atoms with Gasteiger partial charge in [-0.1, -0.05) is 0 Å². The van der Waals surface area contributed by atoms with Gasteiger partial charge in [-0.3, -0.25) is 0 Å². The molecule has 0 spiro atoms. The molecule has 0 N–H and O–H groups in total. The van der Waals surface area contributed by atoms with E-state index in [1.165, 1.54) is 12.1 Å². The van der Waals surface area contributed by atoms with Crippen molar-refractivity contribution in [2.45, 2.75) is 6.92 Å². The summed E-state index contributed by atoms with van der Waals surface area (Å²) in [5.41, 5.74) is 2.50. The molecule has 0 aliphatic heterocycles. The minimum absolute atomic E-state index is 0.242. The highest BCUT2D eigenvalue weighted by molar-refractivity contribution is 5.57. The van der Waals surface area contributed by atoms with Crippen molar-refractivity contribution in [3.05, 3.63) is 47.9 Å². The Morgan fingerprint density at radius 3 is 2.21 bits per heavy atom. The Hall–Kier alpha value is -1.77. The number of hydrogen-bond acceptors (Lipinski definition) is 2. The van der Waals surface area contributed by atoms with E-state index in [0.717, 1.165) is 17.0 Å². The Balaban J connectivity index is 2.40. The van der Waals surface area contributed by atoms with Crippen LogP contribution in [0.2, 0.25) is 0 Å². The first-order valence-corrected chi connectivity index (χ1v) is 4.32. The Labute approximate surface area is 81.4 Å². The number of benzene rings is 1. The molecule has 0 radical (unpaired) electrons. The Morgan fingerprint density at radius 2 is 1.64 bits per heavy atom. The van der Waals surface area contributed by atoms with Crippen molar-refractivity contribution < 1.29 is 4.39 Å². The van der Waals surface area contributed by atoms with Gasteiger partial charge < -0.3 is 0 Å². The van der Waals surface area contributed by atoms with Crippen LogP contribution in [0.25, 0.3) is 11.3 Å². The minimum atomic E-state index is -0.242. The summed E-state index contributed by atoms with van der Waals surface area (Å²) in [5, 5.41) is 7.94.